The molecular formula is C8H11N2O. The Labute approximate surface area is 65.8 Å². The number of imidazole rings is 1. The summed E-state index contributed by atoms with van der Waals surface area (Å²) < 4.78 is 5.48. The number of nitrogens with zero attached hydrogens (tertiary/aromatic N) is 1. The van der Waals surface area contributed by atoms with Gasteiger partial charge >= 0.3 is 0 Å². The van der Waals surface area contributed by atoms with Crippen molar-refractivity contribution in [2.45, 2.75) is 25.9 Å². The quantitative estimate of drug-likeness (QED) is 0.658. The molecule has 59 valence electrons. The number of hydrogen-bond donors (Lipinski definition) is 1. The summed E-state index contributed by atoms with van der Waals surface area (Å²) in [7, 11) is 0. The first kappa shape index (κ1) is 6.85. The molecule has 0 amide bonds. The molecule has 0 saturated carbocycles. The van der Waals surface area contributed by atoms with E-state index in [1.165, 1.54) is 0 Å². The molecule has 0 bridgehead atoms. The van der Waals surface area contributed by atoms with E-state index in [1.54, 1.807) is 0 Å². The SMILES string of the molecule is Cc1[nH][c]nc1C1CCCO1. The fourth-order valence-corrected chi connectivity index (χ4v) is 1.43. The largest absolute Gasteiger partial charge is 0.372 e. The minimum Gasteiger partial charge on any atom is -0.372 e. The Morgan fingerprint density at radius 3 is 3.18 bits per heavy atom. The summed E-state index contributed by atoms with van der Waals surface area (Å²) in [6.07, 6.45) is 5.19. The molecule has 1 radical (unpaired) electrons. The van der Waals surface area contributed by atoms with Gasteiger partial charge in [0.25, 0.3) is 0 Å². The van der Waals surface area contributed by atoms with E-state index >= 15 is 0 Å². The predicted octanol–water partition coefficient (Wildman–Crippen LogP) is 1.37. The van der Waals surface area contributed by atoms with Crippen LogP contribution in [0.1, 0.15) is 30.3 Å². The van der Waals surface area contributed by atoms with Crippen LogP contribution in [0, 0.1) is 13.3 Å². The maximum atomic E-state index is 5.48. The van der Waals surface area contributed by atoms with Gasteiger partial charge in [0.15, 0.2) is 6.33 Å². The zero-order valence-corrected chi connectivity index (χ0v) is 6.55. The van der Waals surface area contributed by atoms with Crippen LogP contribution < -0.4 is 0 Å². The van der Waals surface area contributed by atoms with E-state index in [0.717, 1.165) is 30.8 Å². The van der Waals surface area contributed by atoms with Gasteiger partial charge in [-0.3, -0.25) is 0 Å². The average Bonchev–Trinajstić information content (AvgIpc) is 2.55. The molecular weight excluding hydrogens is 140 g/mol. The van der Waals surface area contributed by atoms with Gasteiger partial charge in [-0.25, -0.2) is 4.98 Å². The molecule has 1 aromatic heterocycles. The third-order valence-electron chi connectivity index (χ3n) is 2.04. The molecule has 0 spiro atoms. The molecule has 1 aliphatic rings. The van der Waals surface area contributed by atoms with Gasteiger partial charge in [0.1, 0.15) is 6.10 Å². The predicted molar refractivity (Wildman–Crippen MR) is 40.1 cm³/mol. The number of aromatic nitrogens is 2. The number of H-pyrrole nitrogens is 1. The number of aryl methyl sites for hydroxylation is 1. The average molecular weight is 151 g/mol. The van der Waals surface area contributed by atoms with Gasteiger partial charge in [-0.05, 0) is 19.8 Å². The fraction of sp³-hybridized carbons (Fsp3) is 0.625. The number of ether oxygens (including phenoxy) is 1. The third-order valence-corrected chi connectivity index (χ3v) is 2.04. The van der Waals surface area contributed by atoms with Crippen LogP contribution in [0.15, 0.2) is 0 Å². The van der Waals surface area contributed by atoms with E-state index in [0.29, 0.717) is 0 Å². The highest BCUT2D eigenvalue weighted by Gasteiger charge is 2.21. The first-order valence-corrected chi connectivity index (χ1v) is 3.92. The van der Waals surface area contributed by atoms with Crippen molar-refractivity contribution in [3.8, 4) is 0 Å². The second-order valence-corrected chi connectivity index (χ2v) is 2.86. The molecule has 2 heterocycles. The number of hydrogen-bond acceptors (Lipinski definition) is 2. The van der Waals surface area contributed by atoms with Crippen LogP contribution in [-0.2, 0) is 4.74 Å². The van der Waals surface area contributed by atoms with Gasteiger partial charge < -0.3 is 9.72 Å². The highest BCUT2D eigenvalue weighted by molar-refractivity contribution is 5.12. The summed E-state index contributed by atoms with van der Waals surface area (Å²) in [5.41, 5.74) is 2.11. The summed E-state index contributed by atoms with van der Waals surface area (Å²) in [5.74, 6) is 0. The van der Waals surface area contributed by atoms with Crippen molar-refractivity contribution < 1.29 is 4.74 Å². The normalized spacial score (nSPS) is 24.3. The van der Waals surface area contributed by atoms with Crippen molar-refractivity contribution in [3.63, 3.8) is 0 Å². The summed E-state index contributed by atoms with van der Waals surface area (Å²) in [6, 6.07) is 0. The summed E-state index contributed by atoms with van der Waals surface area (Å²) in [4.78, 5) is 7.02. The van der Waals surface area contributed by atoms with E-state index in [-0.39, 0.29) is 6.10 Å². The Morgan fingerprint density at radius 1 is 1.73 bits per heavy atom. The maximum Gasteiger partial charge on any atom is 0.174 e. The van der Waals surface area contributed by atoms with Crippen molar-refractivity contribution >= 4 is 0 Å². The van der Waals surface area contributed by atoms with Crippen LogP contribution in [-0.4, -0.2) is 16.6 Å². The highest BCUT2D eigenvalue weighted by atomic mass is 16.5. The Morgan fingerprint density at radius 2 is 2.64 bits per heavy atom. The molecule has 1 N–H and O–H groups in total. The minimum absolute atomic E-state index is 0.220. The Kier molecular flexibility index (Phi) is 1.66. The fourth-order valence-electron chi connectivity index (χ4n) is 1.43. The van der Waals surface area contributed by atoms with Crippen molar-refractivity contribution in [2.75, 3.05) is 6.61 Å². The lowest BCUT2D eigenvalue weighted by Gasteiger charge is -2.05. The first-order valence-electron chi connectivity index (χ1n) is 3.92. The molecule has 1 fully saturated rings. The summed E-state index contributed by atoms with van der Waals surface area (Å²) in [5, 5.41) is 0. The molecule has 3 heteroatoms. The molecule has 0 aliphatic carbocycles. The zero-order chi connectivity index (χ0) is 7.68. The molecule has 1 unspecified atom stereocenters. The number of rotatable bonds is 1. The lowest BCUT2D eigenvalue weighted by atomic mass is 10.1. The van der Waals surface area contributed by atoms with E-state index in [2.05, 4.69) is 16.3 Å². The van der Waals surface area contributed by atoms with E-state index < -0.39 is 0 Å². The minimum atomic E-state index is 0.220. The number of nitrogens with one attached hydrogen (secondary N) is 1. The Balaban J connectivity index is 2.21. The van der Waals surface area contributed by atoms with Crippen molar-refractivity contribution in [1.82, 2.24) is 9.97 Å². The van der Waals surface area contributed by atoms with Crippen molar-refractivity contribution in [1.29, 1.82) is 0 Å². The van der Waals surface area contributed by atoms with Crippen LogP contribution in [0.3, 0.4) is 0 Å². The molecule has 1 aliphatic heterocycles. The molecule has 1 atom stereocenters. The first-order chi connectivity index (χ1) is 5.38. The highest BCUT2D eigenvalue weighted by Crippen LogP contribution is 2.27. The second kappa shape index (κ2) is 2.66. The molecule has 11 heavy (non-hydrogen) atoms. The van der Waals surface area contributed by atoms with Gasteiger partial charge in [-0.15, -0.1) is 0 Å². The molecule has 0 aromatic carbocycles. The summed E-state index contributed by atoms with van der Waals surface area (Å²) >= 11 is 0. The standard InChI is InChI=1S/C8H11N2O/c1-6-8(10-5-9-6)7-3-2-4-11-7/h7H,2-4H2,1H3,(H,9,10). The van der Waals surface area contributed by atoms with Gasteiger partial charge in [0.05, 0.1) is 5.69 Å². The molecule has 2 rings (SSSR count). The van der Waals surface area contributed by atoms with Gasteiger partial charge in [0.2, 0.25) is 0 Å². The van der Waals surface area contributed by atoms with Crippen LogP contribution in [0.4, 0.5) is 0 Å². The van der Waals surface area contributed by atoms with Crippen molar-refractivity contribution in [2.24, 2.45) is 0 Å². The lowest BCUT2D eigenvalue weighted by Crippen LogP contribution is -1.97. The van der Waals surface area contributed by atoms with Gasteiger partial charge in [-0.1, -0.05) is 0 Å². The molecule has 3 nitrogen and oxygen atoms in total. The Hall–Kier alpha value is -0.830. The van der Waals surface area contributed by atoms with Gasteiger partial charge in [-0.2, -0.15) is 0 Å². The van der Waals surface area contributed by atoms with Gasteiger partial charge in [0, 0.05) is 12.3 Å². The van der Waals surface area contributed by atoms with E-state index in [4.69, 9.17) is 4.74 Å². The second-order valence-electron chi connectivity index (χ2n) is 2.86. The van der Waals surface area contributed by atoms with Crippen LogP contribution in [0.25, 0.3) is 0 Å². The third kappa shape index (κ3) is 1.16. The summed E-state index contributed by atoms with van der Waals surface area (Å²) in [6.45, 7) is 2.87. The smallest absolute Gasteiger partial charge is 0.174 e. The van der Waals surface area contributed by atoms with Crippen LogP contribution in [0.5, 0.6) is 0 Å². The van der Waals surface area contributed by atoms with Crippen LogP contribution >= 0.6 is 0 Å². The van der Waals surface area contributed by atoms with E-state index in [1.807, 2.05) is 6.92 Å². The van der Waals surface area contributed by atoms with Crippen molar-refractivity contribution in [3.05, 3.63) is 17.7 Å². The van der Waals surface area contributed by atoms with E-state index in [9.17, 15) is 0 Å². The topological polar surface area (TPSA) is 37.9 Å². The number of aromatic amines is 1. The monoisotopic (exact) mass is 151 g/mol. The van der Waals surface area contributed by atoms with Crippen LogP contribution in [0.2, 0.25) is 0 Å². The maximum absolute atomic E-state index is 5.48. The lowest BCUT2D eigenvalue weighted by molar-refractivity contribution is 0.108. The molecule has 1 saturated heterocycles. The Bertz CT molecular complexity index is 238. The molecule has 1 aromatic rings. The zero-order valence-electron chi connectivity index (χ0n) is 6.55.